The molecule has 4 heterocycles. The van der Waals surface area contributed by atoms with Gasteiger partial charge in [-0.2, -0.15) is 10.4 Å². The molecule has 3 aliphatic heterocycles. The van der Waals surface area contributed by atoms with Gasteiger partial charge in [-0.3, -0.25) is 9.58 Å². The highest BCUT2D eigenvalue weighted by atomic mass is 32.1. The highest BCUT2D eigenvalue weighted by Crippen LogP contribution is 2.42. The molecule has 3 aliphatic rings. The molecule has 6 nitrogen and oxygen atoms in total. The van der Waals surface area contributed by atoms with Crippen molar-refractivity contribution in [1.29, 1.82) is 5.26 Å². The Morgan fingerprint density at radius 1 is 1.08 bits per heavy atom. The first-order valence-electron chi connectivity index (χ1n) is 12.9. The van der Waals surface area contributed by atoms with E-state index in [1.54, 1.807) is 6.07 Å². The quantitative estimate of drug-likeness (QED) is 0.359. The number of nitrogens with zero attached hydrogens (tertiary/aromatic N) is 4. The molecule has 0 spiro atoms. The molecule has 37 heavy (non-hydrogen) atoms. The fourth-order valence-electron chi connectivity index (χ4n) is 6.06. The highest BCUT2D eigenvalue weighted by molar-refractivity contribution is 7.80. The van der Waals surface area contributed by atoms with E-state index in [9.17, 15) is 0 Å². The van der Waals surface area contributed by atoms with E-state index in [-0.39, 0.29) is 0 Å². The van der Waals surface area contributed by atoms with Gasteiger partial charge in [0, 0.05) is 49.0 Å². The van der Waals surface area contributed by atoms with Gasteiger partial charge in [-0.25, -0.2) is 0 Å². The molecule has 3 fully saturated rings. The Morgan fingerprint density at radius 3 is 2.76 bits per heavy atom. The van der Waals surface area contributed by atoms with Crippen molar-refractivity contribution >= 4 is 33.8 Å². The molecule has 0 aliphatic carbocycles. The van der Waals surface area contributed by atoms with Gasteiger partial charge >= 0.3 is 0 Å². The van der Waals surface area contributed by atoms with Gasteiger partial charge in [-0.1, -0.05) is 42.5 Å². The molecule has 1 aromatic heterocycles. The molecule has 0 saturated carbocycles. The maximum absolute atomic E-state index is 9.11. The lowest BCUT2D eigenvalue weighted by molar-refractivity contribution is 0.0303. The van der Waals surface area contributed by atoms with Crippen LogP contribution in [0.5, 0.6) is 0 Å². The van der Waals surface area contributed by atoms with Crippen LogP contribution in [0, 0.1) is 17.2 Å². The minimum atomic E-state index is 0.466. The molecule has 3 aromatic carbocycles. The molecule has 3 saturated heterocycles. The number of nitriles is 1. The van der Waals surface area contributed by atoms with Crippen LogP contribution in [0.2, 0.25) is 0 Å². The van der Waals surface area contributed by atoms with Crippen molar-refractivity contribution < 1.29 is 0 Å². The van der Waals surface area contributed by atoms with Gasteiger partial charge in [0.25, 0.3) is 0 Å². The number of fused-ring (bicyclic) bond motifs is 4. The second kappa shape index (κ2) is 9.97. The zero-order valence-electron chi connectivity index (χ0n) is 20.9. The van der Waals surface area contributed by atoms with Gasteiger partial charge in [-0.15, -0.1) is 0 Å². The Kier molecular flexibility index (Phi) is 6.37. The molecule has 7 heteroatoms. The summed E-state index contributed by atoms with van der Waals surface area (Å²) in [4.78, 5) is 2.61. The van der Waals surface area contributed by atoms with E-state index in [1.807, 2.05) is 18.2 Å². The van der Waals surface area contributed by atoms with E-state index in [1.165, 1.54) is 28.5 Å². The number of aromatic nitrogens is 2. The number of benzene rings is 3. The summed E-state index contributed by atoms with van der Waals surface area (Å²) < 4.78 is 2.10. The zero-order chi connectivity index (χ0) is 25.4. The Balaban J connectivity index is 1.11. The topological polar surface area (TPSA) is 68.9 Å². The first-order chi connectivity index (χ1) is 18.1. The summed E-state index contributed by atoms with van der Waals surface area (Å²) in [6.07, 6.45) is 2.38. The number of anilines is 1. The fourth-order valence-corrected chi connectivity index (χ4v) is 6.26. The SMILES string of the molecule is Cn1nc(-c2ccc3ccccc3c2)cc1[C@H]1CN2CC[C@H]1C[C@@H]2CNC(=S)Nc1cccc(C#N)c1. The van der Waals surface area contributed by atoms with Crippen molar-refractivity contribution in [2.24, 2.45) is 13.0 Å². The van der Waals surface area contributed by atoms with Crippen molar-refractivity contribution in [3.8, 4) is 17.3 Å². The molecule has 4 atom stereocenters. The molecule has 186 valence electrons. The van der Waals surface area contributed by atoms with Gasteiger partial charge in [0.05, 0.1) is 17.3 Å². The number of aryl methyl sites for hydroxylation is 1. The monoisotopic (exact) mass is 506 g/mol. The summed E-state index contributed by atoms with van der Waals surface area (Å²) in [5.41, 5.74) is 5.01. The first-order valence-corrected chi connectivity index (χ1v) is 13.3. The average molecular weight is 507 g/mol. The number of hydrogen-bond acceptors (Lipinski definition) is 4. The summed E-state index contributed by atoms with van der Waals surface area (Å²) >= 11 is 5.53. The van der Waals surface area contributed by atoms with Crippen molar-refractivity contribution in [3.63, 3.8) is 0 Å². The number of thiocarbonyl (C=S) groups is 1. The smallest absolute Gasteiger partial charge is 0.170 e. The third-order valence-electron chi connectivity index (χ3n) is 7.97. The van der Waals surface area contributed by atoms with Gasteiger partial charge in [0.1, 0.15) is 0 Å². The Morgan fingerprint density at radius 2 is 1.95 bits per heavy atom. The largest absolute Gasteiger partial charge is 0.361 e. The lowest BCUT2D eigenvalue weighted by Crippen LogP contribution is -2.56. The van der Waals surface area contributed by atoms with Gasteiger partial charge in [-0.05, 0) is 78.6 Å². The van der Waals surface area contributed by atoms with Crippen molar-refractivity contribution in [2.75, 3.05) is 25.0 Å². The van der Waals surface area contributed by atoms with Crippen LogP contribution in [0.15, 0.2) is 72.8 Å². The molecular weight excluding hydrogens is 476 g/mol. The van der Waals surface area contributed by atoms with Crippen LogP contribution >= 0.6 is 12.2 Å². The molecule has 1 unspecified atom stereocenters. The second-order valence-corrected chi connectivity index (χ2v) is 10.6. The lowest BCUT2D eigenvalue weighted by Gasteiger charge is -2.50. The number of rotatable bonds is 5. The zero-order valence-corrected chi connectivity index (χ0v) is 21.7. The molecule has 2 N–H and O–H groups in total. The van der Waals surface area contributed by atoms with Crippen LogP contribution in [0.1, 0.15) is 30.0 Å². The summed E-state index contributed by atoms with van der Waals surface area (Å²) in [5.74, 6) is 1.14. The third-order valence-corrected chi connectivity index (χ3v) is 8.21. The Hall–Kier alpha value is -3.73. The highest BCUT2D eigenvalue weighted by Gasteiger charge is 2.41. The second-order valence-electron chi connectivity index (χ2n) is 10.2. The summed E-state index contributed by atoms with van der Waals surface area (Å²) in [6.45, 7) is 3.01. The summed E-state index contributed by atoms with van der Waals surface area (Å²) in [7, 11) is 2.09. The van der Waals surface area contributed by atoms with Gasteiger partial charge < -0.3 is 10.6 Å². The van der Waals surface area contributed by atoms with E-state index < -0.39 is 0 Å². The van der Waals surface area contributed by atoms with E-state index in [0.29, 0.717) is 28.6 Å². The number of nitrogens with one attached hydrogen (secondary N) is 2. The fraction of sp³-hybridized carbons (Fsp3) is 0.300. The van der Waals surface area contributed by atoms with Crippen molar-refractivity contribution in [3.05, 3.63) is 84.1 Å². The number of piperidine rings is 3. The van der Waals surface area contributed by atoms with Crippen molar-refractivity contribution in [2.45, 2.75) is 24.8 Å². The molecular formula is C30H30N6S. The van der Waals surface area contributed by atoms with E-state index >= 15 is 0 Å². The van der Waals surface area contributed by atoms with E-state index in [0.717, 1.165) is 37.4 Å². The van der Waals surface area contributed by atoms with Crippen LogP contribution in [0.25, 0.3) is 22.0 Å². The van der Waals surface area contributed by atoms with Crippen LogP contribution in [-0.2, 0) is 7.05 Å². The van der Waals surface area contributed by atoms with Crippen molar-refractivity contribution in [1.82, 2.24) is 20.0 Å². The Labute approximate surface area is 222 Å². The van der Waals surface area contributed by atoms with Gasteiger partial charge in [0.15, 0.2) is 5.11 Å². The minimum absolute atomic E-state index is 0.466. The Bertz CT molecular complexity index is 1500. The molecule has 4 aromatic rings. The normalized spacial score (nSPS) is 22.5. The first kappa shape index (κ1) is 23.7. The lowest BCUT2D eigenvalue weighted by atomic mass is 9.74. The summed E-state index contributed by atoms with van der Waals surface area (Å²) in [6, 6.07) is 27.4. The van der Waals surface area contributed by atoms with E-state index in [2.05, 4.69) is 81.9 Å². The standard InChI is InChI=1S/C30H30N6S/c1-35-29(16-28(34-35)24-10-9-21-6-2-3-7-22(21)14-24)27-19-36-12-11-23(27)15-26(36)18-32-30(37)33-25-8-4-5-20(13-25)17-31/h2-10,13-14,16,23,26-27H,11-12,15,18-19H2,1H3,(H2,32,33,37)/t23-,26+,27-/m0/s1. The van der Waals surface area contributed by atoms with Crippen LogP contribution < -0.4 is 10.6 Å². The maximum Gasteiger partial charge on any atom is 0.170 e. The third kappa shape index (κ3) is 4.83. The maximum atomic E-state index is 9.11. The summed E-state index contributed by atoms with van der Waals surface area (Å²) in [5, 5.41) is 23.7. The van der Waals surface area contributed by atoms with E-state index in [4.69, 9.17) is 22.6 Å². The predicted molar refractivity (Wildman–Crippen MR) is 152 cm³/mol. The molecule has 0 amide bonds. The van der Waals surface area contributed by atoms with Gasteiger partial charge in [0.2, 0.25) is 0 Å². The van der Waals surface area contributed by atoms with Crippen LogP contribution in [0.3, 0.4) is 0 Å². The average Bonchev–Trinajstić information content (AvgIpc) is 3.33. The predicted octanol–water partition coefficient (Wildman–Crippen LogP) is 5.28. The minimum Gasteiger partial charge on any atom is -0.361 e. The molecule has 2 bridgehead atoms. The van der Waals surface area contributed by atoms with Crippen LogP contribution in [0.4, 0.5) is 5.69 Å². The number of hydrogen-bond donors (Lipinski definition) is 2. The van der Waals surface area contributed by atoms with Crippen LogP contribution in [-0.4, -0.2) is 45.5 Å². The molecule has 0 radical (unpaired) electrons. The molecule has 7 rings (SSSR count).